The molecule has 0 aliphatic carbocycles. The molecule has 0 bridgehead atoms. The number of hydrogen-bond donors (Lipinski definition) is 1. The Morgan fingerprint density at radius 1 is 1.06 bits per heavy atom. The summed E-state index contributed by atoms with van der Waals surface area (Å²) >= 11 is 5.90. The maximum Gasteiger partial charge on any atom is 0.271 e. The number of nitrogens with zero attached hydrogens (tertiary/aromatic N) is 2. The van der Waals surface area contributed by atoms with Gasteiger partial charge in [0.15, 0.2) is 0 Å². The van der Waals surface area contributed by atoms with Gasteiger partial charge in [0.1, 0.15) is 0 Å². The second kappa shape index (κ2) is 9.76. The first-order valence-corrected chi connectivity index (χ1v) is 11.7. The van der Waals surface area contributed by atoms with Crippen molar-refractivity contribution in [2.45, 2.75) is 13.5 Å². The second-order valence-corrected chi connectivity index (χ2v) is 9.40. The van der Waals surface area contributed by atoms with Crippen LogP contribution in [0.4, 0.5) is 5.69 Å². The van der Waals surface area contributed by atoms with E-state index in [0.717, 1.165) is 22.9 Å². The van der Waals surface area contributed by atoms with Crippen LogP contribution < -0.4 is 9.73 Å². The number of sulfonamides is 1. The van der Waals surface area contributed by atoms with Crippen LogP contribution in [0.1, 0.15) is 27.0 Å². The third-order valence-electron chi connectivity index (χ3n) is 4.48. The molecule has 0 fully saturated rings. The van der Waals surface area contributed by atoms with Gasteiger partial charge in [-0.25, -0.2) is 13.8 Å². The van der Waals surface area contributed by atoms with Gasteiger partial charge in [0.05, 0.1) is 24.7 Å². The number of aryl methyl sites for hydroxylation is 1. The summed E-state index contributed by atoms with van der Waals surface area (Å²) in [6, 6.07) is 21.0. The van der Waals surface area contributed by atoms with E-state index in [1.807, 2.05) is 31.2 Å². The number of anilines is 1. The molecule has 0 aliphatic heterocycles. The molecule has 0 spiro atoms. The van der Waals surface area contributed by atoms with Gasteiger partial charge in [-0.3, -0.25) is 9.10 Å². The molecule has 8 heteroatoms. The number of rotatable bonds is 7. The molecular weight excluding hydrogens is 434 g/mol. The minimum Gasteiger partial charge on any atom is -0.267 e. The van der Waals surface area contributed by atoms with Crippen LogP contribution in [0.2, 0.25) is 5.02 Å². The molecule has 3 aromatic carbocycles. The van der Waals surface area contributed by atoms with Gasteiger partial charge < -0.3 is 0 Å². The van der Waals surface area contributed by atoms with Crippen molar-refractivity contribution in [1.29, 1.82) is 0 Å². The first-order chi connectivity index (χ1) is 14.7. The van der Waals surface area contributed by atoms with E-state index in [2.05, 4.69) is 10.5 Å². The molecule has 0 saturated carbocycles. The van der Waals surface area contributed by atoms with Gasteiger partial charge in [0, 0.05) is 10.6 Å². The van der Waals surface area contributed by atoms with Crippen molar-refractivity contribution in [2.24, 2.45) is 5.10 Å². The number of carbonyl (C=O) groups excluding carboxylic acids is 1. The molecule has 0 atom stereocenters. The molecule has 0 aliphatic rings. The average molecular weight is 456 g/mol. The number of amides is 1. The molecule has 3 rings (SSSR count). The minimum absolute atomic E-state index is 0.155. The highest BCUT2D eigenvalue weighted by atomic mass is 35.5. The third kappa shape index (κ3) is 6.41. The van der Waals surface area contributed by atoms with Crippen molar-refractivity contribution in [1.82, 2.24) is 5.43 Å². The Morgan fingerprint density at radius 2 is 1.74 bits per heavy atom. The van der Waals surface area contributed by atoms with E-state index in [4.69, 9.17) is 11.6 Å². The second-order valence-electron chi connectivity index (χ2n) is 7.06. The fourth-order valence-corrected chi connectivity index (χ4v) is 3.93. The molecule has 1 amide bonds. The summed E-state index contributed by atoms with van der Waals surface area (Å²) < 4.78 is 25.9. The highest BCUT2D eigenvalue weighted by Gasteiger charge is 2.18. The maximum atomic E-state index is 12.3. The van der Waals surface area contributed by atoms with Crippen LogP contribution in [-0.4, -0.2) is 26.8 Å². The lowest BCUT2D eigenvalue weighted by molar-refractivity contribution is 0.0955. The molecule has 160 valence electrons. The van der Waals surface area contributed by atoms with Crippen molar-refractivity contribution in [3.05, 3.63) is 100 Å². The summed E-state index contributed by atoms with van der Waals surface area (Å²) in [5.74, 6) is -0.390. The number of hydrazone groups is 1. The Kier molecular flexibility index (Phi) is 7.09. The zero-order valence-corrected chi connectivity index (χ0v) is 18.7. The normalized spacial score (nSPS) is 11.5. The van der Waals surface area contributed by atoms with E-state index in [1.54, 1.807) is 54.7 Å². The first-order valence-electron chi connectivity index (χ1n) is 9.45. The van der Waals surface area contributed by atoms with Gasteiger partial charge in [-0.2, -0.15) is 5.10 Å². The Hall–Kier alpha value is -3.16. The lowest BCUT2D eigenvalue weighted by Crippen LogP contribution is -2.29. The third-order valence-corrected chi connectivity index (χ3v) is 5.87. The average Bonchev–Trinajstić information content (AvgIpc) is 2.72. The number of carbonyl (C=O) groups is 1. The minimum atomic E-state index is -3.53. The summed E-state index contributed by atoms with van der Waals surface area (Å²) in [4.78, 5) is 12.3. The highest BCUT2D eigenvalue weighted by molar-refractivity contribution is 7.92. The molecule has 31 heavy (non-hydrogen) atoms. The Morgan fingerprint density at radius 3 is 2.35 bits per heavy atom. The summed E-state index contributed by atoms with van der Waals surface area (Å²) in [6.45, 7) is 2.13. The number of hydrogen-bond acceptors (Lipinski definition) is 4. The monoisotopic (exact) mass is 455 g/mol. The van der Waals surface area contributed by atoms with Crippen LogP contribution in [0.5, 0.6) is 0 Å². The topological polar surface area (TPSA) is 78.8 Å². The van der Waals surface area contributed by atoms with Crippen LogP contribution in [0.25, 0.3) is 0 Å². The molecule has 0 saturated heterocycles. The van der Waals surface area contributed by atoms with Crippen LogP contribution in [-0.2, 0) is 16.6 Å². The van der Waals surface area contributed by atoms with Crippen LogP contribution in [0.3, 0.4) is 0 Å². The zero-order chi connectivity index (χ0) is 22.4. The largest absolute Gasteiger partial charge is 0.271 e. The molecule has 6 nitrogen and oxygen atoms in total. The molecule has 0 unspecified atom stereocenters. The molecular formula is C23H22ClN3O3S. The van der Waals surface area contributed by atoms with E-state index in [-0.39, 0.29) is 12.5 Å². The van der Waals surface area contributed by atoms with E-state index >= 15 is 0 Å². The predicted molar refractivity (Wildman–Crippen MR) is 125 cm³/mol. The van der Waals surface area contributed by atoms with E-state index in [0.29, 0.717) is 16.3 Å². The van der Waals surface area contributed by atoms with Gasteiger partial charge in [-0.05, 0) is 54.4 Å². The quantitative estimate of drug-likeness (QED) is 0.424. The van der Waals surface area contributed by atoms with Crippen LogP contribution in [0.15, 0.2) is 77.9 Å². The van der Waals surface area contributed by atoms with Gasteiger partial charge in [0.25, 0.3) is 5.91 Å². The van der Waals surface area contributed by atoms with E-state index in [1.165, 1.54) is 4.31 Å². The first kappa shape index (κ1) is 22.5. The molecule has 3 aromatic rings. The van der Waals surface area contributed by atoms with Crippen molar-refractivity contribution in [2.75, 3.05) is 10.6 Å². The van der Waals surface area contributed by atoms with Crippen molar-refractivity contribution >= 4 is 39.4 Å². The Balaban J connectivity index is 1.71. The van der Waals surface area contributed by atoms with E-state index < -0.39 is 10.0 Å². The molecule has 0 heterocycles. The summed E-state index contributed by atoms with van der Waals surface area (Å²) in [5, 5.41) is 4.56. The standard InChI is InChI=1S/C23H22ClN3O3S/c1-17-4-3-5-19(14-17)15-25-26-23(28)20-8-12-22(13-9-20)27(31(2,29)30)16-18-6-10-21(24)11-7-18/h3-15H,16H2,1-2H3,(H,26,28)/b25-15-. The van der Waals surface area contributed by atoms with Crippen molar-refractivity contribution in [3.63, 3.8) is 0 Å². The summed E-state index contributed by atoms with van der Waals surface area (Å²) in [6.07, 6.45) is 2.71. The van der Waals surface area contributed by atoms with Gasteiger partial charge in [0.2, 0.25) is 10.0 Å². The number of benzene rings is 3. The molecule has 1 N–H and O–H groups in total. The summed E-state index contributed by atoms with van der Waals surface area (Å²) in [5.41, 5.74) is 6.07. The Bertz CT molecular complexity index is 1190. The lowest BCUT2D eigenvalue weighted by Gasteiger charge is -2.22. The van der Waals surface area contributed by atoms with Gasteiger partial charge in [-0.15, -0.1) is 0 Å². The fraction of sp³-hybridized carbons (Fsp3) is 0.130. The van der Waals surface area contributed by atoms with Gasteiger partial charge >= 0.3 is 0 Å². The lowest BCUT2D eigenvalue weighted by atomic mass is 10.1. The number of halogens is 1. The van der Waals surface area contributed by atoms with Crippen LogP contribution in [0, 0.1) is 6.92 Å². The van der Waals surface area contributed by atoms with E-state index in [9.17, 15) is 13.2 Å². The van der Waals surface area contributed by atoms with Crippen molar-refractivity contribution in [3.8, 4) is 0 Å². The maximum absolute atomic E-state index is 12.3. The number of nitrogens with one attached hydrogen (secondary N) is 1. The smallest absolute Gasteiger partial charge is 0.267 e. The zero-order valence-electron chi connectivity index (χ0n) is 17.1. The molecule has 0 radical (unpaired) electrons. The summed E-state index contributed by atoms with van der Waals surface area (Å²) in [7, 11) is -3.53. The van der Waals surface area contributed by atoms with Gasteiger partial charge in [-0.1, -0.05) is 53.6 Å². The fourth-order valence-electron chi connectivity index (χ4n) is 2.92. The highest BCUT2D eigenvalue weighted by Crippen LogP contribution is 2.22. The Labute approximate surface area is 187 Å². The molecule has 0 aromatic heterocycles. The van der Waals surface area contributed by atoms with Crippen LogP contribution >= 0.6 is 11.6 Å². The van der Waals surface area contributed by atoms with Crippen molar-refractivity contribution < 1.29 is 13.2 Å². The SMILES string of the molecule is Cc1cccc(/C=N\NC(=O)c2ccc(N(Cc3ccc(Cl)cc3)S(C)(=O)=O)cc2)c1. The predicted octanol–water partition coefficient (Wildman–Crippen LogP) is 4.38.